The average molecular weight is 367 g/mol. The molecule has 0 saturated carbocycles. The third kappa shape index (κ3) is 3.60. The topological polar surface area (TPSA) is 52.8 Å². The number of ether oxygens (including phenoxy) is 1. The van der Waals surface area contributed by atoms with Crippen LogP contribution in [-0.2, 0) is 5.75 Å². The van der Waals surface area contributed by atoms with Gasteiger partial charge in [0.1, 0.15) is 11.4 Å². The van der Waals surface area contributed by atoms with Crippen molar-refractivity contribution in [2.75, 3.05) is 7.11 Å². The summed E-state index contributed by atoms with van der Waals surface area (Å²) in [7, 11) is 1.62. The number of tetrazole rings is 1. The van der Waals surface area contributed by atoms with E-state index in [0.29, 0.717) is 26.7 Å². The summed E-state index contributed by atoms with van der Waals surface area (Å²) in [6.45, 7) is 0. The van der Waals surface area contributed by atoms with Crippen molar-refractivity contribution in [3.63, 3.8) is 0 Å². The molecule has 0 atom stereocenters. The molecule has 0 fully saturated rings. The van der Waals surface area contributed by atoms with E-state index in [9.17, 15) is 0 Å². The van der Waals surface area contributed by atoms with E-state index in [1.165, 1.54) is 11.8 Å². The van der Waals surface area contributed by atoms with E-state index in [1.54, 1.807) is 17.9 Å². The van der Waals surface area contributed by atoms with E-state index >= 15 is 0 Å². The van der Waals surface area contributed by atoms with Gasteiger partial charge in [-0.05, 0) is 40.3 Å². The Balaban J connectivity index is 1.82. The molecule has 0 aliphatic carbocycles. The highest BCUT2D eigenvalue weighted by molar-refractivity contribution is 7.98. The predicted molar refractivity (Wildman–Crippen MR) is 91.7 cm³/mol. The van der Waals surface area contributed by atoms with Gasteiger partial charge in [0, 0.05) is 5.75 Å². The lowest BCUT2D eigenvalue weighted by molar-refractivity contribution is 0.410. The van der Waals surface area contributed by atoms with Crippen LogP contribution in [0.3, 0.4) is 0 Å². The summed E-state index contributed by atoms with van der Waals surface area (Å²) in [6.07, 6.45) is 0. The molecule has 8 heteroatoms. The van der Waals surface area contributed by atoms with Crippen molar-refractivity contribution in [2.24, 2.45) is 0 Å². The van der Waals surface area contributed by atoms with Crippen LogP contribution >= 0.6 is 35.0 Å². The van der Waals surface area contributed by atoms with Crippen molar-refractivity contribution < 1.29 is 4.74 Å². The average Bonchev–Trinajstić information content (AvgIpc) is 3.04. The largest absolute Gasteiger partial charge is 0.494 e. The molecule has 0 radical (unpaired) electrons. The van der Waals surface area contributed by atoms with Crippen LogP contribution in [0.2, 0.25) is 10.0 Å². The molecule has 0 amide bonds. The monoisotopic (exact) mass is 366 g/mol. The van der Waals surface area contributed by atoms with Gasteiger partial charge in [0.15, 0.2) is 0 Å². The predicted octanol–water partition coefficient (Wildman–Crippen LogP) is 4.27. The second-order valence-electron chi connectivity index (χ2n) is 4.58. The summed E-state index contributed by atoms with van der Waals surface area (Å²) in [6, 6.07) is 13.1. The highest BCUT2D eigenvalue weighted by Crippen LogP contribution is 2.29. The molecule has 2 aromatic carbocycles. The van der Waals surface area contributed by atoms with Crippen molar-refractivity contribution in [1.82, 2.24) is 20.2 Å². The fourth-order valence-corrected chi connectivity index (χ4v) is 3.15. The Morgan fingerprint density at radius 1 is 1.13 bits per heavy atom. The zero-order valence-corrected chi connectivity index (χ0v) is 14.4. The number of halogens is 2. The van der Waals surface area contributed by atoms with E-state index < -0.39 is 0 Å². The molecular formula is C15H12Cl2N4OS. The fraction of sp³-hybridized carbons (Fsp3) is 0.133. The van der Waals surface area contributed by atoms with Crippen molar-refractivity contribution in [3.8, 4) is 11.4 Å². The maximum atomic E-state index is 6.04. The summed E-state index contributed by atoms with van der Waals surface area (Å²) in [5, 5.41) is 13.6. The third-order valence-electron chi connectivity index (χ3n) is 3.11. The second-order valence-corrected chi connectivity index (χ2v) is 6.34. The molecule has 0 bridgehead atoms. The van der Waals surface area contributed by atoms with Crippen LogP contribution in [0.5, 0.6) is 5.75 Å². The second kappa shape index (κ2) is 7.21. The Morgan fingerprint density at radius 3 is 2.74 bits per heavy atom. The maximum Gasteiger partial charge on any atom is 0.214 e. The molecule has 1 heterocycles. The van der Waals surface area contributed by atoms with E-state index in [4.69, 9.17) is 27.9 Å². The van der Waals surface area contributed by atoms with Gasteiger partial charge in [0.2, 0.25) is 5.16 Å². The van der Waals surface area contributed by atoms with E-state index in [2.05, 4.69) is 15.5 Å². The van der Waals surface area contributed by atoms with Crippen molar-refractivity contribution in [2.45, 2.75) is 10.9 Å². The molecular weight excluding hydrogens is 355 g/mol. The summed E-state index contributed by atoms with van der Waals surface area (Å²) in [4.78, 5) is 0. The van der Waals surface area contributed by atoms with Crippen LogP contribution in [0.25, 0.3) is 5.69 Å². The van der Waals surface area contributed by atoms with Crippen molar-refractivity contribution in [3.05, 3.63) is 58.1 Å². The third-order valence-corrected chi connectivity index (χ3v) is 4.84. The van der Waals surface area contributed by atoms with Gasteiger partial charge in [0.05, 0.1) is 17.2 Å². The molecule has 5 nitrogen and oxygen atoms in total. The van der Waals surface area contributed by atoms with Crippen molar-refractivity contribution >= 4 is 35.0 Å². The Kier molecular flexibility index (Phi) is 5.05. The zero-order valence-electron chi connectivity index (χ0n) is 12.1. The Morgan fingerprint density at radius 2 is 1.96 bits per heavy atom. The summed E-state index contributed by atoms with van der Waals surface area (Å²) < 4.78 is 7.01. The minimum absolute atomic E-state index is 0.536. The molecule has 0 spiro atoms. The minimum atomic E-state index is 0.536. The molecule has 118 valence electrons. The van der Waals surface area contributed by atoms with Gasteiger partial charge in [-0.1, -0.05) is 53.2 Å². The maximum absolute atomic E-state index is 6.04. The SMILES string of the molecule is COc1ccccc1-n1nnnc1SCc1ccc(Cl)c(Cl)c1. The first-order valence-electron chi connectivity index (χ1n) is 6.67. The van der Waals surface area contributed by atoms with Gasteiger partial charge in [-0.3, -0.25) is 0 Å². The minimum Gasteiger partial charge on any atom is -0.494 e. The van der Waals surface area contributed by atoms with Gasteiger partial charge in [0.25, 0.3) is 0 Å². The first kappa shape index (κ1) is 16.1. The Hall–Kier alpha value is -1.76. The lowest BCUT2D eigenvalue weighted by atomic mass is 10.2. The zero-order chi connectivity index (χ0) is 16.2. The molecule has 3 aromatic rings. The lowest BCUT2D eigenvalue weighted by Gasteiger charge is -2.09. The normalized spacial score (nSPS) is 10.7. The molecule has 0 aliphatic heterocycles. The highest BCUT2D eigenvalue weighted by Gasteiger charge is 2.13. The quantitative estimate of drug-likeness (QED) is 0.631. The number of benzene rings is 2. The van der Waals surface area contributed by atoms with Gasteiger partial charge in [-0.15, -0.1) is 5.10 Å². The number of hydrogen-bond donors (Lipinski definition) is 0. The van der Waals surface area contributed by atoms with Crippen LogP contribution in [0.15, 0.2) is 47.6 Å². The number of nitrogens with zero attached hydrogens (tertiary/aromatic N) is 4. The fourth-order valence-electron chi connectivity index (χ4n) is 2.00. The van der Waals surface area contributed by atoms with Gasteiger partial charge in [-0.25, -0.2) is 0 Å². The number of methoxy groups -OCH3 is 1. The van der Waals surface area contributed by atoms with E-state index in [0.717, 1.165) is 11.3 Å². The van der Waals surface area contributed by atoms with E-state index in [-0.39, 0.29) is 0 Å². The Labute approximate surface area is 147 Å². The smallest absolute Gasteiger partial charge is 0.214 e. The van der Waals surface area contributed by atoms with Gasteiger partial charge >= 0.3 is 0 Å². The standard InChI is InChI=1S/C15H12Cl2N4OS/c1-22-14-5-3-2-4-13(14)21-15(18-19-20-21)23-9-10-6-7-11(16)12(17)8-10/h2-8H,9H2,1H3. The van der Waals surface area contributed by atoms with Crippen LogP contribution in [0.1, 0.15) is 5.56 Å². The summed E-state index contributed by atoms with van der Waals surface area (Å²) in [5.41, 5.74) is 1.83. The van der Waals surface area contributed by atoms with Gasteiger partial charge in [-0.2, -0.15) is 4.68 Å². The number of rotatable bonds is 5. The van der Waals surface area contributed by atoms with Crippen molar-refractivity contribution in [1.29, 1.82) is 0 Å². The van der Waals surface area contributed by atoms with Crippen LogP contribution in [-0.4, -0.2) is 27.3 Å². The highest BCUT2D eigenvalue weighted by atomic mass is 35.5. The molecule has 0 unspecified atom stereocenters. The van der Waals surface area contributed by atoms with Crippen LogP contribution in [0, 0.1) is 0 Å². The number of aromatic nitrogens is 4. The first-order chi connectivity index (χ1) is 11.2. The number of para-hydroxylation sites is 2. The van der Waals surface area contributed by atoms with E-state index in [1.807, 2.05) is 36.4 Å². The molecule has 0 aliphatic rings. The van der Waals surface area contributed by atoms with Crippen LogP contribution < -0.4 is 4.74 Å². The van der Waals surface area contributed by atoms with Gasteiger partial charge < -0.3 is 4.74 Å². The summed E-state index contributed by atoms with van der Waals surface area (Å²) >= 11 is 13.5. The van der Waals surface area contributed by atoms with Crippen LogP contribution in [0.4, 0.5) is 0 Å². The molecule has 3 rings (SSSR count). The Bertz CT molecular complexity index is 825. The number of hydrogen-bond acceptors (Lipinski definition) is 5. The number of thioether (sulfide) groups is 1. The molecule has 1 aromatic heterocycles. The lowest BCUT2D eigenvalue weighted by Crippen LogP contribution is -2.01. The molecule has 0 N–H and O–H groups in total. The molecule has 23 heavy (non-hydrogen) atoms. The first-order valence-corrected chi connectivity index (χ1v) is 8.41. The molecule has 0 saturated heterocycles. The summed E-state index contributed by atoms with van der Waals surface area (Å²) in [5.74, 6) is 1.38.